The zero-order chi connectivity index (χ0) is 24.9. The fraction of sp³-hybridized carbons (Fsp3) is 0.231. The molecular formula is C26H28N2O5S. The Morgan fingerprint density at radius 1 is 0.941 bits per heavy atom. The smallest absolute Gasteiger partial charge is 0.340 e. The van der Waals surface area contributed by atoms with E-state index in [1.807, 2.05) is 39.0 Å². The molecule has 0 spiro atoms. The summed E-state index contributed by atoms with van der Waals surface area (Å²) in [5.41, 5.74) is 3.51. The predicted octanol–water partition coefficient (Wildman–Crippen LogP) is 4.16. The second-order valence-corrected chi connectivity index (χ2v) is 9.95. The summed E-state index contributed by atoms with van der Waals surface area (Å²) in [6, 6.07) is 19.9. The van der Waals surface area contributed by atoms with Crippen molar-refractivity contribution >= 4 is 27.6 Å². The van der Waals surface area contributed by atoms with Crippen LogP contribution in [0, 0.1) is 13.8 Å². The number of rotatable bonds is 8. The van der Waals surface area contributed by atoms with Crippen molar-refractivity contribution in [2.45, 2.75) is 31.7 Å². The van der Waals surface area contributed by atoms with Crippen molar-refractivity contribution in [3.63, 3.8) is 0 Å². The molecular weight excluding hydrogens is 452 g/mol. The zero-order valence-electron chi connectivity index (χ0n) is 19.6. The molecule has 1 amide bonds. The van der Waals surface area contributed by atoms with Crippen molar-refractivity contribution in [3.8, 4) is 0 Å². The second kappa shape index (κ2) is 10.5. The number of nitrogens with zero attached hydrogens (tertiary/aromatic N) is 1. The fourth-order valence-corrected chi connectivity index (χ4v) is 4.77. The maximum atomic E-state index is 13.2. The van der Waals surface area contributed by atoms with E-state index < -0.39 is 28.5 Å². The molecule has 0 bridgehead atoms. The molecule has 178 valence electrons. The third kappa shape index (κ3) is 5.63. The van der Waals surface area contributed by atoms with E-state index in [4.69, 9.17) is 4.74 Å². The number of nitrogens with one attached hydrogen (secondary N) is 1. The molecule has 0 heterocycles. The first-order valence-electron chi connectivity index (χ1n) is 10.8. The van der Waals surface area contributed by atoms with Gasteiger partial charge in [0, 0.05) is 7.05 Å². The Morgan fingerprint density at radius 3 is 2.26 bits per heavy atom. The Labute approximate surface area is 200 Å². The molecule has 3 aromatic carbocycles. The molecule has 0 radical (unpaired) electrons. The van der Waals surface area contributed by atoms with E-state index in [9.17, 15) is 18.0 Å². The lowest BCUT2D eigenvalue weighted by Crippen LogP contribution is -2.32. The topological polar surface area (TPSA) is 92.8 Å². The van der Waals surface area contributed by atoms with Crippen molar-refractivity contribution in [1.82, 2.24) is 5.32 Å². The molecule has 0 fully saturated rings. The van der Waals surface area contributed by atoms with Gasteiger partial charge in [-0.05, 0) is 61.7 Å². The van der Waals surface area contributed by atoms with Gasteiger partial charge >= 0.3 is 5.97 Å². The number of sulfonamides is 1. The third-order valence-electron chi connectivity index (χ3n) is 5.61. The normalized spacial score (nSPS) is 12.0. The molecule has 7 nitrogen and oxygen atoms in total. The van der Waals surface area contributed by atoms with E-state index in [1.165, 1.54) is 25.2 Å². The van der Waals surface area contributed by atoms with Crippen LogP contribution >= 0.6 is 0 Å². The van der Waals surface area contributed by atoms with Crippen molar-refractivity contribution in [3.05, 3.63) is 95.1 Å². The number of ether oxygens (including phenoxy) is 1. The number of carbonyl (C=O) groups excluding carboxylic acids is 2. The summed E-state index contributed by atoms with van der Waals surface area (Å²) >= 11 is 0. The number of hydrogen-bond donors (Lipinski definition) is 1. The highest BCUT2D eigenvalue weighted by atomic mass is 32.2. The first-order valence-corrected chi connectivity index (χ1v) is 12.2. The number of para-hydroxylation sites is 1. The van der Waals surface area contributed by atoms with Gasteiger partial charge in [-0.3, -0.25) is 9.10 Å². The standard InChI is InChI=1S/C26H28N2O5S/c1-18-14-15-21(16-19(18)2)20(3)27-25(29)17-33-26(30)23-12-8-9-13-24(23)34(31,32)28(4)22-10-6-5-7-11-22/h5-16,20H,17H2,1-4H3,(H,27,29). The summed E-state index contributed by atoms with van der Waals surface area (Å²) < 4.78 is 32.6. The van der Waals surface area contributed by atoms with Crippen LogP contribution in [-0.2, 0) is 19.6 Å². The largest absolute Gasteiger partial charge is 0.452 e. The SMILES string of the molecule is Cc1ccc(C(C)NC(=O)COC(=O)c2ccccc2S(=O)(=O)N(C)c2ccccc2)cc1C. The number of hydrogen-bond acceptors (Lipinski definition) is 5. The first kappa shape index (κ1) is 25.0. The highest BCUT2D eigenvalue weighted by Gasteiger charge is 2.27. The molecule has 8 heteroatoms. The Hall–Kier alpha value is -3.65. The van der Waals surface area contributed by atoms with Gasteiger partial charge in [0.15, 0.2) is 6.61 Å². The average Bonchev–Trinajstić information content (AvgIpc) is 2.84. The van der Waals surface area contributed by atoms with Crippen LogP contribution in [0.3, 0.4) is 0 Å². The van der Waals surface area contributed by atoms with Crippen LogP contribution in [0.15, 0.2) is 77.7 Å². The summed E-state index contributed by atoms with van der Waals surface area (Å²) in [6.07, 6.45) is 0. The molecule has 0 aromatic heterocycles. The minimum absolute atomic E-state index is 0.139. The van der Waals surface area contributed by atoms with Crippen LogP contribution in [0.25, 0.3) is 0 Å². The number of anilines is 1. The maximum Gasteiger partial charge on any atom is 0.340 e. The Kier molecular flexibility index (Phi) is 7.73. The number of carbonyl (C=O) groups is 2. The van der Waals surface area contributed by atoms with Gasteiger partial charge in [0.05, 0.1) is 17.3 Å². The van der Waals surface area contributed by atoms with Crippen molar-refractivity contribution in [2.24, 2.45) is 0 Å². The molecule has 3 aromatic rings. The molecule has 34 heavy (non-hydrogen) atoms. The zero-order valence-corrected chi connectivity index (χ0v) is 20.4. The van der Waals surface area contributed by atoms with Crippen LogP contribution in [0.1, 0.15) is 40.0 Å². The molecule has 1 N–H and O–H groups in total. The summed E-state index contributed by atoms with van der Waals surface area (Å²) in [6.45, 7) is 5.31. The van der Waals surface area contributed by atoms with Gasteiger partial charge in [-0.15, -0.1) is 0 Å². The molecule has 3 rings (SSSR count). The quantitative estimate of drug-likeness (QED) is 0.489. The first-order chi connectivity index (χ1) is 16.1. The molecule has 1 atom stereocenters. The molecule has 1 unspecified atom stereocenters. The molecule has 0 saturated carbocycles. The monoisotopic (exact) mass is 480 g/mol. The van der Waals surface area contributed by atoms with Gasteiger partial charge in [0.2, 0.25) is 0 Å². The Morgan fingerprint density at radius 2 is 1.59 bits per heavy atom. The number of esters is 1. The minimum Gasteiger partial charge on any atom is -0.452 e. The lowest BCUT2D eigenvalue weighted by molar-refractivity contribution is -0.124. The van der Waals surface area contributed by atoms with Gasteiger partial charge in [-0.1, -0.05) is 48.5 Å². The van der Waals surface area contributed by atoms with E-state index in [1.54, 1.807) is 36.4 Å². The van der Waals surface area contributed by atoms with Crippen LogP contribution in [0.5, 0.6) is 0 Å². The number of aryl methyl sites for hydroxylation is 2. The average molecular weight is 481 g/mol. The summed E-state index contributed by atoms with van der Waals surface area (Å²) in [4.78, 5) is 24.9. The van der Waals surface area contributed by atoms with Crippen LogP contribution in [-0.4, -0.2) is 33.9 Å². The van der Waals surface area contributed by atoms with Crippen molar-refractivity contribution in [1.29, 1.82) is 0 Å². The van der Waals surface area contributed by atoms with Crippen molar-refractivity contribution in [2.75, 3.05) is 18.0 Å². The molecule has 0 aliphatic heterocycles. The predicted molar refractivity (Wildman–Crippen MR) is 131 cm³/mol. The molecule has 0 aliphatic carbocycles. The third-order valence-corrected chi connectivity index (χ3v) is 7.45. The summed E-state index contributed by atoms with van der Waals surface area (Å²) in [5.74, 6) is -1.38. The minimum atomic E-state index is -4.04. The maximum absolute atomic E-state index is 13.2. The van der Waals surface area contributed by atoms with Crippen molar-refractivity contribution < 1.29 is 22.7 Å². The Bertz CT molecular complexity index is 1290. The second-order valence-electron chi connectivity index (χ2n) is 8.01. The number of amides is 1. The van der Waals surface area contributed by atoms with E-state index in [-0.39, 0.29) is 16.5 Å². The molecule has 0 aliphatic rings. The molecule has 0 saturated heterocycles. The van der Waals surface area contributed by atoms with Gasteiger partial charge in [0.1, 0.15) is 4.90 Å². The lowest BCUT2D eigenvalue weighted by Gasteiger charge is -2.21. The highest BCUT2D eigenvalue weighted by molar-refractivity contribution is 7.92. The van der Waals surface area contributed by atoms with E-state index in [0.717, 1.165) is 21.0 Å². The van der Waals surface area contributed by atoms with E-state index in [2.05, 4.69) is 5.32 Å². The fourth-order valence-electron chi connectivity index (χ4n) is 3.39. The summed E-state index contributed by atoms with van der Waals surface area (Å²) in [5, 5.41) is 2.79. The van der Waals surface area contributed by atoms with Gasteiger partial charge < -0.3 is 10.1 Å². The van der Waals surface area contributed by atoms with Crippen LogP contribution in [0.4, 0.5) is 5.69 Å². The van der Waals surface area contributed by atoms with Crippen LogP contribution in [0.2, 0.25) is 0 Å². The van der Waals surface area contributed by atoms with Gasteiger partial charge in [-0.2, -0.15) is 0 Å². The summed E-state index contributed by atoms with van der Waals surface area (Å²) in [7, 11) is -2.63. The van der Waals surface area contributed by atoms with Gasteiger partial charge in [-0.25, -0.2) is 13.2 Å². The Balaban J connectivity index is 1.70. The van der Waals surface area contributed by atoms with E-state index >= 15 is 0 Å². The van der Waals surface area contributed by atoms with Crippen LogP contribution < -0.4 is 9.62 Å². The van der Waals surface area contributed by atoms with E-state index in [0.29, 0.717) is 5.69 Å². The van der Waals surface area contributed by atoms with Gasteiger partial charge in [0.25, 0.3) is 15.9 Å². The number of benzene rings is 3. The highest BCUT2D eigenvalue weighted by Crippen LogP contribution is 2.25. The lowest BCUT2D eigenvalue weighted by atomic mass is 10.0.